The molecular weight excluding hydrogens is 238 g/mol. The van der Waals surface area contributed by atoms with Gasteiger partial charge in [-0.1, -0.05) is 12.1 Å². The summed E-state index contributed by atoms with van der Waals surface area (Å²) in [5.74, 6) is 0.658. The van der Waals surface area contributed by atoms with E-state index in [9.17, 15) is 0 Å². The van der Waals surface area contributed by atoms with Gasteiger partial charge in [-0.3, -0.25) is 4.98 Å². The average Bonchev–Trinajstić information content (AvgIpc) is 3.01. The summed E-state index contributed by atoms with van der Waals surface area (Å²) in [6.07, 6.45) is 3.88. The second-order valence-electron chi connectivity index (χ2n) is 4.75. The van der Waals surface area contributed by atoms with Crippen molar-refractivity contribution in [3.63, 3.8) is 0 Å². The molecular formula is C15H13N3O. The summed E-state index contributed by atoms with van der Waals surface area (Å²) >= 11 is 0. The number of aromatic nitrogens is 2. The first-order valence-electron chi connectivity index (χ1n) is 6.53. The van der Waals surface area contributed by atoms with Crippen LogP contribution in [-0.4, -0.2) is 29.0 Å². The molecule has 0 aromatic carbocycles. The average molecular weight is 251 g/mol. The Morgan fingerprint density at radius 3 is 2.74 bits per heavy atom. The number of rotatable bonds is 1. The first-order valence-corrected chi connectivity index (χ1v) is 6.53. The topological polar surface area (TPSA) is 47.4 Å². The van der Waals surface area contributed by atoms with E-state index in [0.29, 0.717) is 12.5 Å². The van der Waals surface area contributed by atoms with Crippen molar-refractivity contribution in [3.05, 3.63) is 47.3 Å². The molecule has 1 aliphatic heterocycles. The van der Waals surface area contributed by atoms with Crippen molar-refractivity contribution >= 4 is 5.90 Å². The Kier molecular flexibility index (Phi) is 2.33. The largest absolute Gasteiger partial charge is 0.474 e. The molecule has 4 nitrogen and oxygen atoms in total. The maximum Gasteiger partial charge on any atom is 0.235 e. The monoisotopic (exact) mass is 251 g/mol. The molecule has 1 aliphatic carbocycles. The normalized spacial score (nSPS) is 16.3. The molecule has 0 saturated carbocycles. The van der Waals surface area contributed by atoms with Crippen LogP contribution in [0, 0.1) is 0 Å². The molecule has 0 bridgehead atoms. The minimum Gasteiger partial charge on any atom is -0.474 e. The maximum absolute atomic E-state index is 5.49. The van der Waals surface area contributed by atoms with Crippen LogP contribution in [0.15, 0.2) is 35.5 Å². The van der Waals surface area contributed by atoms with Gasteiger partial charge in [-0.05, 0) is 36.1 Å². The van der Waals surface area contributed by atoms with Crippen LogP contribution in [0.5, 0.6) is 0 Å². The summed E-state index contributed by atoms with van der Waals surface area (Å²) in [6, 6.07) is 8.23. The third kappa shape index (κ3) is 1.71. The fourth-order valence-electron chi connectivity index (χ4n) is 2.63. The second-order valence-corrected chi connectivity index (χ2v) is 4.75. The molecule has 2 aliphatic rings. The van der Waals surface area contributed by atoms with E-state index in [4.69, 9.17) is 9.72 Å². The van der Waals surface area contributed by atoms with Gasteiger partial charge < -0.3 is 4.74 Å². The molecule has 0 radical (unpaired) electrons. The Labute approximate surface area is 111 Å². The van der Waals surface area contributed by atoms with Gasteiger partial charge >= 0.3 is 0 Å². The lowest BCUT2D eigenvalue weighted by atomic mass is 9.92. The van der Waals surface area contributed by atoms with Gasteiger partial charge in [0, 0.05) is 6.20 Å². The molecule has 4 rings (SSSR count). The van der Waals surface area contributed by atoms with E-state index < -0.39 is 0 Å². The highest BCUT2D eigenvalue weighted by molar-refractivity contribution is 5.93. The number of hydrogen-bond donors (Lipinski definition) is 0. The molecule has 0 spiro atoms. The summed E-state index contributed by atoms with van der Waals surface area (Å²) < 4.78 is 5.49. The van der Waals surface area contributed by atoms with Crippen molar-refractivity contribution in [2.45, 2.75) is 12.8 Å². The highest BCUT2D eigenvalue weighted by Crippen LogP contribution is 2.30. The van der Waals surface area contributed by atoms with Crippen molar-refractivity contribution in [2.24, 2.45) is 4.99 Å². The number of ether oxygens (including phenoxy) is 1. The predicted octanol–water partition coefficient (Wildman–Crippen LogP) is 2.02. The first kappa shape index (κ1) is 10.7. The van der Waals surface area contributed by atoms with E-state index in [1.54, 1.807) is 0 Å². The molecule has 0 atom stereocenters. The number of aryl methyl sites for hydroxylation is 2. The van der Waals surface area contributed by atoms with Crippen LogP contribution in [0.25, 0.3) is 11.4 Å². The Balaban J connectivity index is 1.87. The molecule has 2 aromatic rings. The zero-order valence-corrected chi connectivity index (χ0v) is 10.5. The molecule has 3 heterocycles. The molecule has 4 heteroatoms. The SMILES string of the molecule is c1cnc2c(c1)CCc1ccc(C3=NCCO3)nc1-2. The fourth-order valence-corrected chi connectivity index (χ4v) is 2.63. The lowest BCUT2D eigenvalue weighted by molar-refractivity contribution is 0.347. The van der Waals surface area contributed by atoms with Crippen LogP contribution in [-0.2, 0) is 17.6 Å². The molecule has 0 unspecified atom stereocenters. The standard InChI is InChI=1S/C15H13N3O/c1-2-10-3-4-11-5-6-12(15-17-8-9-19-15)18-14(11)13(10)16-7-1/h1-2,5-7H,3-4,8-9H2. The molecule has 94 valence electrons. The van der Waals surface area contributed by atoms with Gasteiger partial charge in [-0.15, -0.1) is 0 Å². The third-order valence-corrected chi connectivity index (χ3v) is 3.56. The van der Waals surface area contributed by atoms with Crippen molar-refractivity contribution in [3.8, 4) is 11.4 Å². The number of aliphatic imine (C=N–C) groups is 1. The Hall–Kier alpha value is -2.23. The van der Waals surface area contributed by atoms with Crippen LogP contribution in [0.4, 0.5) is 0 Å². The lowest BCUT2D eigenvalue weighted by Crippen LogP contribution is -2.11. The van der Waals surface area contributed by atoms with Crippen molar-refractivity contribution in [1.82, 2.24) is 9.97 Å². The van der Waals surface area contributed by atoms with Gasteiger partial charge in [0.2, 0.25) is 5.90 Å². The zero-order chi connectivity index (χ0) is 12.7. The smallest absolute Gasteiger partial charge is 0.235 e. The third-order valence-electron chi connectivity index (χ3n) is 3.56. The van der Waals surface area contributed by atoms with Gasteiger partial charge in [-0.25, -0.2) is 9.98 Å². The van der Waals surface area contributed by atoms with Crippen LogP contribution < -0.4 is 0 Å². The Bertz CT molecular complexity index is 679. The van der Waals surface area contributed by atoms with Crippen LogP contribution in [0.1, 0.15) is 16.8 Å². The van der Waals surface area contributed by atoms with E-state index in [2.05, 4.69) is 22.1 Å². The summed E-state index contributed by atoms with van der Waals surface area (Å²) in [4.78, 5) is 13.5. The van der Waals surface area contributed by atoms with Gasteiger partial charge in [0.15, 0.2) is 0 Å². The van der Waals surface area contributed by atoms with Crippen molar-refractivity contribution in [1.29, 1.82) is 0 Å². The van der Waals surface area contributed by atoms with Gasteiger partial charge in [0.1, 0.15) is 12.3 Å². The van der Waals surface area contributed by atoms with Crippen molar-refractivity contribution in [2.75, 3.05) is 13.2 Å². The number of pyridine rings is 2. The lowest BCUT2D eigenvalue weighted by Gasteiger charge is -2.18. The number of hydrogen-bond acceptors (Lipinski definition) is 4. The first-order chi connectivity index (χ1) is 9.42. The van der Waals surface area contributed by atoms with Crippen molar-refractivity contribution < 1.29 is 4.74 Å². The second kappa shape index (κ2) is 4.16. The molecule has 19 heavy (non-hydrogen) atoms. The van der Waals surface area contributed by atoms with E-state index in [-0.39, 0.29) is 0 Å². The maximum atomic E-state index is 5.49. The number of fused-ring (bicyclic) bond motifs is 3. The summed E-state index contributed by atoms with van der Waals surface area (Å²) in [7, 11) is 0. The minimum atomic E-state index is 0.656. The predicted molar refractivity (Wildman–Crippen MR) is 72.2 cm³/mol. The molecule has 2 aromatic heterocycles. The van der Waals surface area contributed by atoms with E-state index in [1.807, 2.05) is 18.3 Å². The zero-order valence-electron chi connectivity index (χ0n) is 10.5. The van der Waals surface area contributed by atoms with Crippen LogP contribution >= 0.6 is 0 Å². The minimum absolute atomic E-state index is 0.656. The highest BCUT2D eigenvalue weighted by Gasteiger charge is 2.20. The summed E-state index contributed by atoms with van der Waals surface area (Å²) in [5.41, 5.74) is 5.33. The number of nitrogens with zero attached hydrogens (tertiary/aromatic N) is 3. The summed E-state index contributed by atoms with van der Waals surface area (Å²) in [5, 5.41) is 0. The fraction of sp³-hybridized carbons (Fsp3) is 0.267. The van der Waals surface area contributed by atoms with Crippen LogP contribution in [0.2, 0.25) is 0 Å². The molecule has 0 amide bonds. The van der Waals surface area contributed by atoms with E-state index in [1.165, 1.54) is 11.1 Å². The van der Waals surface area contributed by atoms with E-state index in [0.717, 1.165) is 36.5 Å². The summed E-state index contributed by atoms with van der Waals surface area (Å²) in [6.45, 7) is 1.38. The van der Waals surface area contributed by atoms with Gasteiger partial charge in [-0.2, -0.15) is 0 Å². The molecule has 0 N–H and O–H groups in total. The van der Waals surface area contributed by atoms with E-state index >= 15 is 0 Å². The van der Waals surface area contributed by atoms with Gasteiger partial charge in [0.25, 0.3) is 0 Å². The van der Waals surface area contributed by atoms with Crippen LogP contribution in [0.3, 0.4) is 0 Å². The Morgan fingerprint density at radius 1 is 1.00 bits per heavy atom. The molecule has 0 saturated heterocycles. The quantitative estimate of drug-likeness (QED) is 0.779. The highest BCUT2D eigenvalue weighted by atomic mass is 16.5. The van der Waals surface area contributed by atoms with Gasteiger partial charge in [0.05, 0.1) is 17.9 Å². The molecule has 0 fully saturated rings. The Morgan fingerprint density at radius 2 is 1.89 bits per heavy atom.